The van der Waals surface area contributed by atoms with E-state index >= 15 is 0 Å². The summed E-state index contributed by atoms with van der Waals surface area (Å²) >= 11 is 0. The smallest absolute Gasteiger partial charge is 0.271 e. The first-order valence-corrected chi connectivity index (χ1v) is 6.50. The van der Waals surface area contributed by atoms with Crippen LogP contribution in [0.25, 0.3) is 0 Å². The van der Waals surface area contributed by atoms with E-state index in [4.69, 9.17) is 0 Å². The van der Waals surface area contributed by atoms with Gasteiger partial charge in [0.25, 0.3) is 5.91 Å². The number of carbonyl (C=O) groups excluding carboxylic acids is 1. The highest BCUT2D eigenvalue weighted by molar-refractivity contribution is 5.92. The number of halogens is 1. The van der Waals surface area contributed by atoms with Gasteiger partial charge in [0.2, 0.25) is 0 Å². The molecule has 2 atom stereocenters. The third-order valence-electron chi connectivity index (χ3n) is 3.06. The average molecular weight is 289 g/mol. The van der Waals surface area contributed by atoms with Crippen LogP contribution in [0.4, 0.5) is 4.39 Å². The molecule has 2 rings (SSSR count). The Bertz CT molecular complexity index is 614. The van der Waals surface area contributed by atoms with E-state index < -0.39 is 18.1 Å². The summed E-state index contributed by atoms with van der Waals surface area (Å²) in [7, 11) is 0. The van der Waals surface area contributed by atoms with Crippen molar-refractivity contribution < 1.29 is 14.3 Å². The number of aromatic nitrogens is 2. The number of aliphatic hydroxyl groups excluding tert-OH is 1. The monoisotopic (exact) mass is 289 g/mol. The van der Waals surface area contributed by atoms with Crippen LogP contribution >= 0.6 is 0 Å². The number of aliphatic hydroxyl groups is 1. The van der Waals surface area contributed by atoms with Crippen molar-refractivity contribution in [3.63, 3.8) is 0 Å². The molecule has 2 unspecified atom stereocenters. The normalized spacial score (nSPS) is 13.5. The van der Waals surface area contributed by atoms with Crippen LogP contribution < -0.4 is 5.32 Å². The van der Waals surface area contributed by atoms with Crippen LogP contribution in [0.15, 0.2) is 36.7 Å². The fourth-order valence-electron chi connectivity index (χ4n) is 1.82. The molecule has 6 heteroatoms. The maximum atomic E-state index is 12.8. The Morgan fingerprint density at radius 1 is 1.24 bits per heavy atom. The molecule has 1 heterocycles. The van der Waals surface area contributed by atoms with Gasteiger partial charge in [-0.25, -0.2) is 9.37 Å². The maximum absolute atomic E-state index is 12.8. The van der Waals surface area contributed by atoms with E-state index in [0.717, 1.165) is 0 Å². The van der Waals surface area contributed by atoms with Gasteiger partial charge in [-0.3, -0.25) is 9.78 Å². The van der Waals surface area contributed by atoms with E-state index in [1.807, 2.05) is 0 Å². The summed E-state index contributed by atoms with van der Waals surface area (Å²) in [4.78, 5) is 19.9. The number of rotatable bonds is 4. The highest BCUT2D eigenvalue weighted by Gasteiger charge is 2.19. The minimum atomic E-state index is -0.937. The molecule has 0 radical (unpaired) electrons. The van der Waals surface area contributed by atoms with E-state index in [9.17, 15) is 14.3 Å². The zero-order valence-corrected chi connectivity index (χ0v) is 11.7. The van der Waals surface area contributed by atoms with E-state index in [1.165, 1.54) is 36.7 Å². The molecule has 0 aliphatic rings. The fourth-order valence-corrected chi connectivity index (χ4v) is 1.82. The van der Waals surface area contributed by atoms with E-state index in [1.54, 1.807) is 13.8 Å². The molecule has 21 heavy (non-hydrogen) atoms. The number of hydrogen-bond donors (Lipinski definition) is 2. The van der Waals surface area contributed by atoms with Crippen LogP contribution in [0.5, 0.6) is 0 Å². The molecule has 0 bridgehead atoms. The van der Waals surface area contributed by atoms with Gasteiger partial charge < -0.3 is 10.4 Å². The van der Waals surface area contributed by atoms with E-state index in [-0.39, 0.29) is 11.5 Å². The van der Waals surface area contributed by atoms with Crippen molar-refractivity contribution in [3.05, 3.63) is 59.4 Å². The zero-order valence-electron chi connectivity index (χ0n) is 11.7. The SMILES string of the molecule is Cc1cnc(C(=O)NC(C)C(O)c2ccc(F)cc2)cn1. The Balaban J connectivity index is 2.03. The minimum Gasteiger partial charge on any atom is -0.386 e. The highest BCUT2D eigenvalue weighted by atomic mass is 19.1. The number of benzene rings is 1. The van der Waals surface area contributed by atoms with Crippen LogP contribution in [0.2, 0.25) is 0 Å². The maximum Gasteiger partial charge on any atom is 0.271 e. The third-order valence-corrected chi connectivity index (χ3v) is 3.06. The molecule has 0 fully saturated rings. The van der Waals surface area contributed by atoms with Crippen LogP contribution in [0.1, 0.15) is 34.8 Å². The van der Waals surface area contributed by atoms with Crippen molar-refractivity contribution in [2.24, 2.45) is 0 Å². The molecule has 2 N–H and O–H groups in total. The molecule has 0 aliphatic heterocycles. The molecule has 0 spiro atoms. The second-order valence-electron chi connectivity index (χ2n) is 4.80. The number of aryl methyl sites for hydroxylation is 1. The van der Waals surface area contributed by atoms with Gasteiger partial charge in [-0.15, -0.1) is 0 Å². The predicted molar refractivity (Wildman–Crippen MR) is 75.1 cm³/mol. The second kappa shape index (κ2) is 6.41. The number of hydrogen-bond acceptors (Lipinski definition) is 4. The first kappa shape index (κ1) is 15.1. The Morgan fingerprint density at radius 3 is 2.48 bits per heavy atom. The topological polar surface area (TPSA) is 75.1 Å². The average Bonchev–Trinajstić information content (AvgIpc) is 2.47. The third kappa shape index (κ3) is 3.82. The number of nitrogens with one attached hydrogen (secondary N) is 1. The molecule has 110 valence electrons. The molecule has 0 saturated carbocycles. The first-order chi connectivity index (χ1) is 9.97. The fraction of sp³-hybridized carbons (Fsp3) is 0.267. The molecule has 5 nitrogen and oxygen atoms in total. The van der Waals surface area contributed by atoms with Gasteiger partial charge in [-0.05, 0) is 31.5 Å². The standard InChI is InChI=1S/C15H16FN3O2/c1-9-7-18-13(8-17-9)15(21)19-10(2)14(20)11-3-5-12(16)6-4-11/h3-8,10,14,20H,1-2H3,(H,19,21). The molecule has 0 saturated heterocycles. The summed E-state index contributed by atoms with van der Waals surface area (Å²) in [5, 5.41) is 12.8. The Morgan fingerprint density at radius 2 is 1.90 bits per heavy atom. The van der Waals surface area contributed by atoms with Gasteiger partial charge >= 0.3 is 0 Å². The summed E-state index contributed by atoms with van der Waals surface area (Å²) < 4.78 is 12.8. The lowest BCUT2D eigenvalue weighted by Gasteiger charge is -2.20. The summed E-state index contributed by atoms with van der Waals surface area (Å²) in [5.41, 5.74) is 1.42. The van der Waals surface area contributed by atoms with Gasteiger partial charge in [0.05, 0.1) is 24.0 Å². The predicted octanol–water partition coefficient (Wildman–Crippen LogP) is 1.78. The summed E-state index contributed by atoms with van der Waals surface area (Å²) in [5.74, 6) is -0.797. The summed E-state index contributed by atoms with van der Waals surface area (Å²) in [6.45, 7) is 3.43. The van der Waals surface area contributed by atoms with Gasteiger partial charge in [0.1, 0.15) is 11.5 Å². The zero-order chi connectivity index (χ0) is 15.4. The van der Waals surface area contributed by atoms with Gasteiger partial charge in [-0.1, -0.05) is 12.1 Å². The van der Waals surface area contributed by atoms with E-state index in [0.29, 0.717) is 11.3 Å². The second-order valence-corrected chi connectivity index (χ2v) is 4.80. The minimum absolute atomic E-state index is 0.179. The van der Waals surface area contributed by atoms with Crippen LogP contribution in [0, 0.1) is 12.7 Å². The van der Waals surface area contributed by atoms with Crippen molar-refractivity contribution in [2.45, 2.75) is 26.0 Å². The lowest BCUT2D eigenvalue weighted by Crippen LogP contribution is -2.37. The van der Waals surface area contributed by atoms with Gasteiger partial charge in [0, 0.05) is 6.20 Å². The van der Waals surface area contributed by atoms with Crippen LogP contribution in [-0.4, -0.2) is 27.0 Å². The molecule has 1 amide bonds. The van der Waals surface area contributed by atoms with E-state index in [2.05, 4.69) is 15.3 Å². The van der Waals surface area contributed by atoms with Crippen molar-refractivity contribution >= 4 is 5.91 Å². The Hall–Kier alpha value is -2.34. The highest BCUT2D eigenvalue weighted by Crippen LogP contribution is 2.17. The lowest BCUT2D eigenvalue weighted by molar-refractivity contribution is 0.0847. The molecule has 1 aromatic heterocycles. The van der Waals surface area contributed by atoms with Crippen LogP contribution in [-0.2, 0) is 0 Å². The Kier molecular flexibility index (Phi) is 4.59. The number of carbonyl (C=O) groups is 1. The van der Waals surface area contributed by atoms with Gasteiger partial charge in [-0.2, -0.15) is 0 Å². The molecule has 0 aliphatic carbocycles. The molecule has 2 aromatic rings. The quantitative estimate of drug-likeness (QED) is 0.899. The summed E-state index contributed by atoms with van der Waals surface area (Å²) in [6.07, 6.45) is 1.94. The number of nitrogens with zero attached hydrogens (tertiary/aromatic N) is 2. The van der Waals surface area contributed by atoms with Gasteiger partial charge in [0.15, 0.2) is 0 Å². The van der Waals surface area contributed by atoms with Crippen molar-refractivity contribution in [3.8, 4) is 0 Å². The lowest BCUT2D eigenvalue weighted by atomic mass is 10.0. The molecular formula is C15H16FN3O2. The molecular weight excluding hydrogens is 273 g/mol. The molecule has 1 aromatic carbocycles. The van der Waals surface area contributed by atoms with Crippen molar-refractivity contribution in [1.29, 1.82) is 0 Å². The summed E-state index contributed by atoms with van der Waals surface area (Å²) in [6, 6.07) is 4.94. The van der Waals surface area contributed by atoms with Crippen LogP contribution in [0.3, 0.4) is 0 Å². The Labute approximate surface area is 121 Å². The van der Waals surface area contributed by atoms with Crippen molar-refractivity contribution in [2.75, 3.05) is 0 Å². The van der Waals surface area contributed by atoms with Crippen molar-refractivity contribution in [1.82, 2.24) is 15.3 Å². The first-order valence-electron chi connectivity index (χ1n) is 6.50. The number of amides is 1. The largest absolute Gasteiger partial charge is 0.386 e.